The van der Waals surface area contributed by atoms with Gasteiger partial charge in [0.1, 0.15) is 11.4 Å². The number of hydrogen-bond acceptors (Lipinski definition) is 6. The van der Waals surface area contributed by atoms with Crippen LogP contribution < -0.4 is 22.1 Å². The van der Waals surface area contributed by atoms with E-state index in [4.69, 9.17) is 11.5 Å². The molecule has 0 bridgehead atoms. The smallest absolute Gasteiger partial charge is 0.274 e. The maximum Gasteiger partial charge on any atom is 0.274 e. The number of fused-ring (bicyclic) bond motifs is 1. The highest BCUT2D eigenvalue weighted by atomic mass is 16.2. The molecule has 5 rings (SSSR count). The van der Waals surface area contributed by atoms with Crippen molar-refractivity contribution in [2.24, 2.45) is 11.5 Å². The molecule has 154 valence electrons. The van der Waals surface area contributed by atoms with Crippen molar-refractivity contribution in [1.82, 2.24) is 10.6 Å². The molecule has 0 fully saturated rings. The number of carbonyl (C=O) groups is 4. The van der Waals surface area contributed by atoms with Gasteiger partial charge in [-0.05, 0) is 23.1 Å². The molecular formula is C23H18N4O4. The normalized spacial score (nSPS) is 22.1. The second-order valence-corrected chi connectivity index (χ2v) is 7.78. The van der Waals surface area contributed by atoms with E-state index in [-0.39, 0.29) is 22.5 Å². The van der Waals surface area contributed by atoms with Crippen molar-refractivity contribution in [3.8, 4) is 0 Å². The molecule has 0 saturated carbocycles. The number of hydrogen-bond donors (Lipinski definition) is 4. The molecule has 0 spiro atoms. The summed E-state index contributed by atoms with van der Waals surface area (Å²) in [4.78, 5) is 50.9. The van der Waals surface area contributed by atoms with Gasteiger partial charge in [0.25, 0.3) is 23.6 Å². The van der Waals surface area contributed by atoms with Crippen molar-refractivity contribution in [1.29, 1.82) is 0 Å². The largest absolute Gasteiger partial charge is 0.394 e. The number of nitrogens with two attached hydrogens (primary N) is 2. The Bertz CT molecular complexity index is 1210. The third-order valence-electron chi connectivity index (χ3n) is 6.32. The number of carbonyl (C=O) groups excluding carboxylic acids is 4. The molecule has 1 aliphatic carbocycles. The minimum Gasteiger partial charge on any atom is -0.394 e. The molecule has 0 radical (unpaired) electrons. The Morgan fingerprint density at radius 1 is 0.710 bits per heavy atom. The minimum absolute atomic E-state index is 0.0564. The van der Waals surface area contributed by atoms with Crippen molar-refractivity contribution in [3.63, 3.8) is 0 Å². The molecule has 8 nitrogen and oxygen atoms in total. The van der Waals surface area contributed by atoms with Crippen molar-refractivity contribution in [3.05, 3.63) is 93.8 Å². The first-order valence-electron chi connectivity index (χ1n) is 9.72. The molecule has 1 unspecified atom stereocenters. The second-order valence-electron chi connectivity index (χ2n) is 7.78. The summed E-state index contributed by atoms with van der Waals surface area (Å²) in [6.45, 7) is 0. The number of amides is 4. The quantitative estimate of drug-likeness (QED) is 0.521. The number of imide groups is 2. The van der Waals surface area contributed by atoms with Crippen LogP contribution in [0, 0.1) is 0 Å². The van der Waals surface area contributed by atoms with Crippen LogP contribution in [0.1, 0.15) is 22.6 Å². The van der Waals surface area contributed by atoms with Crippen LogP contribution in [0.3, 0.4) is 0 Å². The summed E-state index contributed by atoms with van der Waals surface area (Å²) in [6, 6.07) is 16.6. The third kappa shape index (κ3) is 2.35. The molecule has 2 aromatic rings. The summed E-state index contributed by atoms with van der Waals surface area (Å²) in [5, 5.41) is 4.46. The monoisotopic (exact) mass is 414 g/mol. The number of rotatable bonds is 3. The average Bonchev–Trinajstić information content (AvgIpc) is 3.32. The van der Waals surface area contributed by atoms with E-state index in [0.29, 0.717) is 12.0 Å². The lowest BCUT2D eigenvalue weighted by molar-refractivity contribution is -0.125. The summed E-state index contributed by atoms with van der Waals surface area (Å²) in [5.74, 6) is -3.37. The van der Waals surface area contributed by atoms with E-state index in [1.807, 2.05) is 42.5 Å². The Morgan fingerprint density at radius 2 is 1.23 bits per heavy atom. The Balaban J connectivity index is 1.96. The average molecular weight is 414 g/mol. The maximum absolute atomic E-state index is 13.1. The second kappa shape index (κ2) is 6.40. The summed E-state index contributed by atoms with van der Waals surface area (Å²) in [5.41, 5.74) is 12.4. The molecule has 4 amide bonds. The summed E-state index contributed by atoms with van der Waals surface area (Å²) < 4.78 is 0. The molecule has 1 atom stereocenters. The van der Waals surface area contributed by atoms with E-state index in [0.717, 1.165) is 11.1 Å². The molecule has 8 heteroatoms. The zero-order valence-electron chi connectivity index (χ0n) is 16.3. The highest BCUT2D eigenvalue weighted by Crippen LogP contribution is 2.58. The van der Waals surface area contributed by atoms with E-state index in [1.165, 1.54) is 0 Å². The van der Waals surface area contributed by atoms with Crippen molar-refractivity contribution >= 4 is 23.6 Å². The van der Waals surface area contributed by atoms with Gasteiger partial charge in [-0.3, -0.25) is 29.8 Å². The van der Waals surface area contributed by atoms with Gasteiger partial charge >= 0.3 is 0 Å². The van der Waals surface area contributed by atoms with Crippen LogP contribution in [0.15, 0.2) is 77.1 Å². The van der Waals surface area contributed by atoms with Gasteiger partial charge in [-0.1, -0.05) is 54.6 Å². The SMILES string of the molecule is NC1=C(C2(C3=C(N)C(=O)NC3=O)c3ccccc3CC2c2ccccc2)C(=O)NC1=O. The molecule has 0 saturated heterocycles. The van der Waals surface area contributed by atoms with E-state index in [2.05, 4.69) is 10.6 Å². The number of benzene rings is 2. The highest BCUT2D eigenvalue weighted by Gasteiger charge is 2.61. The Labute approximate surface area is 177 Å². The molecule has 31 heavy (non-hydrogen) atoms. The molecule has 2 heterocycles. The lowest BCUT2D eigenvalue weighted by Gasteiger charge is -2.38. The van der Waals surface area contributed by atoms with E-state index in [1.54, 1.807) is 12.1 Å². The third-order valence-corrected chi connectivity index (χ3v) is 6.32. The van der Waals surface area contributed by atoms with E-state index < -0.39 is 35.0 Å². The predicted octanol–water partition coefficient (Wildman–Crippen LogP) is 0.00270. The van der Waals surface area contributed by atoms with Crippen LogP contribution in [0.4, 0.5) is 0 Å². The molecule has 2 aromatic carbocycles. The van der Waals surface area contributed by atoms with E-state index in [9.17, 15) is 19.2 Å². The van der Waals surface area contributed by atoms with Crippen LogP contribution in [0.25, 0.3) is 0 Å². The van der Waals surface area contributed by atoms with Gasteiger partial charge in [-0.2, -0.15) is 0 Å². The molecular weight excluding hydrogens is 396 g/mol. The Kier molecular flexibility index (Phi) is 3.88. The van der Waals surface area contributed by atoms with Crippen LogP contribution in [0.5, 0.6) is 0 Å². The van der Waals surface area contributed by atoms with Crippen molar-refractivity contribution in [2.45, 2.75) is 17.8 Å². The first kappa shape index (κ1) is 18.8. The van der Waals surface area contributed by atoms with Gasteiger partial charge in [0.05, 0.1) is 16.6 Å². The summed E-state index contributed by atoms with van der Waals surface area (Å²) in [6.07, 6.45) is 0.455. The molecule has 3 aliphatic rings. The molecule has 6 N–H and O–H groups in total. The van der Waals surface area contributed by atoms with Gasteiger partial charge in [-0.25, -0.2) is 0 Å². The topological polar surface area (TPSA) is 144 Å². The van der Waals surface area contributed by atoms with Crippen LogP contribution in [-0.4, -0.2) is 23.6 Å². The first-order valence-corrected chi connectivity index (χ1v) is 9.72. The zero-order chi connectivity index (χ0) is 21.9. The summed E-state index contributed by atoms with van der Waals surface area (Å²) >= 11 is 0. The number of nitrogens with one attached hydrogen (secondary N) is 2. The zero-order valence-corrected chi connectivity index (χ0v) is 16.3. The van der Waals surface area contributed by atoms with E-state index >= 15 is 0 Å². The van der Waals surface area contributed by atoms with Gasteiger partial charge in [0, 0.05) is 5.92 Å². The van der Waals surface area contributed by atoms with Crippen molar-refractivity contribution in [2.75, 3.05) is 0 Å². The lowest BCUT2D eigenvalue weighted by Crippen LogP contribution is -2.43. The van der Waals surface area contributed by atoms with Gasteiger partial charge in [0.15, 0.2) is 0 Å². The van der Waals surface area contributed by atoms with Crippen LogP contribution in [-0.2, 0) is 31.0 Å². The first-order chi connectivity index (χ1) is 14.9. The Morgan fingerprint density at radius 3 is 1.74 bits per heavy atom. The lowest BCUT2D eigenvalue weighted by atomic mass is 9.61. The fraction of sp³-hybridized carbons (Fsp3) is 0.130. The van der Waals surface area contributed by atoms with Crippen molar-refractivity contribution < 1.29 is 19.2 Å². The van der Waals surface area contributed by atoms with Gasteiger partial charge in [-0.15, -0.1) is 0 Å². The summed E-state index contributed by atoms with van der Waals surface area (Å²) in [7, 11) is 0. The predicted molar refractivity (Wildman–Crippen MR) is 110 cm³/mol. The van der Waals surface area contributed by atoms with Crippen LogP contribution in [0.2, 0.25) is 0 Å². The fourth-order valence-corrected chi connectivity index (χ4v) is 5.16. The fourth-order valence-electron chi connectivity index (χ4n) is 5.16. The maximum atomic E-state index is 13.1. The minimum atomic E-state index is -1.50. The van der Waals surface area contributed by atoms with Gasteiger partial charge < -0.3 is 11.5 Å². The molecule has 2 aliphatic heterocycles. The standard InChI is InChI=1S/C23H18N4O4/c24-17-15(19(28)26-21(17)30)23(16-18(25)22(31)27-20(16)29)13-9-5-4-8-12(13)10-14(23)11-6-2-1-3-7-11/h1-9,14H,10H2,(H3,24,26,28,30)(H3,25,27,29,31). The van der Waals surface area contributed by atoms with Crippen LogP contribution >= 0.6 is 0 Å². The Hall–Kier alpha value is -4.20. The van der Waals surface area contributed by atoms with Gasteiger partial charge in [0.2, 0.25) is 0 Å². The highest BCUT2D eigenvalue weighted by molar-refractivity contribution is 6.25. The molecule has 0 aromatic heterocycles.